The van der Waals surface area contributed by atoms with Crippen LogP contribution < -0.4 is 9.47 Å². The Labute approximate surface area is 155 Å². The first-order chi connectivity index (χ1) is 11.6. The van der Waals surface area contributed by atoms with Crippen molar-refractivity contribution in [1.82, 2.24) is 0 Å². The molecule has 0 atom stereocenters. The molecule has 0 amide bonds. The van der Waals surface area contributed by atoms with Gasteiger partial charge in [0.2, 0.25) is 0 Å². The number of benzene rings is 2. The average Bonchev–Trinajstić information content (AvgIpc) is 2.57. The van der Waals surface area contributed by atoms with Crippen LogP contribution in [0.2, 0.25) is 5.02 Å². The fourth-order valence-corrected chi connectivity index (χ4v) is 2.78. The minimum atomic E-state index is 0.525. The van der Waals surface area contributed by atoms with Crippen molar-refractivity contribution in [2.24, 2.45) is 0 Å². The van der Waals surface area contributed by atoms with Crippen molar-refractivity contribution in [2.45, 2.75) is 13.8 Å². The lowest BCUT2D eigenvalue weighted by Gasteiger charge is -2.13. The van der Waals surface area contributed by atoms with Gasteiger partial charge in [0.05, 0.1) is 29.3 Å². The first kappa shape index (κ1) is 18.4. The third kappa shape index (κ3) is 4.53. The van der Waals surface area contributed by atoms with E-state index in [1.165, 1.54) is 0 Å². The van der Waals surface area contributed by atoms with Gasteiger partial charge >= 0.3 is 0 Å². The molecule has 5 heteroatoms. The average molecular weight is 407 g/mol. The van der Waals surface area contributed by atoms with Gasteiger partial charge < -0.3 is 9.47 Å². The molecule has 0 saturated heterocycles. The van der Waals surface area contributed by atoms with E-state index < -0.39 is 0 Å². The van der Waals surface area contributed by atoms with Crippen LogP contribution in [0.5, 0.6) is 11.5 Å². The van der Waals surface area contributed by atoms with Crippen LogP contribution in [-0.2, 0) is 0 Å². The molecular weight excluding hydrogens is 390 g/mol. The quantitative estimate of drug-likeness (QED) is 0.439. The van der Waals surface area contributed by atoms with Crippen molar-refractivity contribution >= 4 is 39.2 Å². The van der Waals surface area contributed by atoms with Crippen LogP contribution in [-0.4, -0.2) is 13.2 Å². The van der Waals surface area contributed by atoms with Crippen LogP contribution in [0.15, 0.2) is 40.9 Å². The first-order valence-corrected chi connectivity index (χ1v) is 8.73. The highest BCUT2D eigenvalue weighted by Gasteiger charge is 2.11. The SMILES string of the molecule is CCOc1cc(OCC)c(/C=C(/C#N)c2ccc(Cl)cc2)cc1Br. The molecule has 0 fully saturated rings. The van der Waals surface area contributed by atoms with Gasteiger partial charge in [-0.25, -0.2) is 0 Å². The summed E-state index contributed by atoms with van der Waals surface area (Å²) in [6.45, 7) is 4.93. The highest BCUT2D eigenvalue weighted by molar-refractivity contribution is 9.10. The smallest absolute Gasteiger partial charge is 0.137 e. The molecule has 0 aliphatic heterocycles. The Bertz CT molecular complexity index is 779. The summed E-state index contributed by atoms with van der Waals surface area (Å²) in [5, 5.41) is 10.1. The Hall–Kier alpha value is -1.96. The van der Waals surface area contributed by atoms with Gasteiger partial charge in [0, 0.05) is 16.7 Å². The molecule has 0 heterocycles. The summed E-state index contributed by atoms with van der Waals surface area (Å²) < 4.78 is 12.1. The first-order valence-electron chi connectivity index (χ1n) is 7.55. The van der Waals surface area contributed by atoms with Gasteiger partial charge in [-0.3, -0.25) is 0 Å². The van der Waals surface area contributed by atoms with E-state index >= 15 is 0 Å². The highest BCUT2D eigenvalue weighted by atomic mass is 79.9. The fraction of sp³-hybridized carbons (Fsp3) is 0.211. The molecule has 0 radical (unpaired) electrons. The number of nitrogens with zero attached hydrogens (tertiary/aromatic N) is 1. The Morgan fingerprint density at radius 2 is 1.75 bits per heavy atom. The van der Waals surface area contributed by atoms with Gasteiger partial charge in [0.1, 0.15) is 11.5 Å². The van der Waals surface area contributed by atoms with Crippen molar-refractivity contribution in [2.75, 3.05) is 13.2 Å². The van der Waals surface area contributed by atoms with E-state index in [-0.39, 0.29) is 0 Å². The molecule has 0 bridgehead atoms. The van der Waals surface area contributed by atoms with Crippen LogP contribution in [0.3, 0.4) is 0 Å². The van der Waals surface area contributed by atoms with Crippen LogP contribution in [0, 0.1) is 11.3 Å². The maximum Gasteiger partial charge on any atom is 0.137 e. The third-order valence-electron chi connectivity index (χ3n) is 3.24. The van der Waals surface area contributed by atoms with Gasteiger partial charge in [-0.2, -0.15) is 5.26 Å². The zero-order valence-corrected chi connectivity index (χ0v) is 15.8. The molecule has 2 rings (SSSR count). The molecular formula is C19H17BrClNO2. The Morgan fingerprint density at radius 3 is 2.33 bits per heavy atom. The lowest BCUT2D eigenvalue weighted by molar-refractivity contribution is 0.321. The molecule has 0 spiro atoms. The van der Waals surface area contributed by atoms with Crippen molar-refractivity contribution in [1.29, 1.82) is 5.26 Å². The van der Waals surface area contributed by atoms with E-state index in [1.54, 1.807) is 18.2 Å². The molecule has 3 nitrogen and oxygen atoms in total. The summed E-state index contributed by atoms with van der Waals surface area (Å²) in [5.41, 5.74) is 2.14. The number of nitriles is 1. The second-order valence-electron chi connectivity index (χ2n) is 4.86. The summed E-state index contributed by atoms with van der Waals surface area (Å²) in [5.74, 6) is 1.38. The lowest BCUT2D eigenvalue weighted by Crippen LogP contribution is -1.98. The largest absolute Gasteiger partial charge is 0.493 e. The van der Waals surface area contributed by atoms with E-state index in [2.05, 4.69) is 22.0 Å². The van der Waals surface area contributed by atoms with Crippen molar-refractivity contribution < 1.29 is 9.47 Å². The van der Waals surface area contributed by atoms with E-state index in [0.717, 1.165) is 15.6 Å². The van der Waals surface area contributed by atoms with Gasteiger partial charge in [-0.15, -0.1) is 0 Å². The number of halogens is 2. The summed E-state index contributed by atoms with van der Waals surface area (Å²) in [7, 11) is 0. The summed E-state index contributed by atoms with van der Waals surface area (Å²) in [6, 6.07) is 13.1. The third-order valence-corrected chi connectivity index (χ3v) is 4.11. The highest BCUT2D eigenvalue weighted by Crippen LogP contribution is 2.35. The molecule has 0 saturated carbocycles. The summed E-state index contributed by atoms with van der Waals surface area (Å²) >= 11 is 9.41. The molecule has 0 aliphatic carbocycles. The number of hydrogen-bond donors (Lipinski definition) is 0. The van der Waals surface area contributed by atoms with Crippen LogP contribution >= 0.6 is 27.5 Å². The second-order valence-corrected chi connectivity index (χ2v) is 6.15. The predicted octanol–water partition coefficient (Wildman–Crippen LogP) is 5.96. The van der Waals surface area contributed by atoms with Crippen LogP contribution in [0.4, 0.5) is 0 Å². The molecule has 124 valence electrons. The number of hydrogen-bond acceptors (Lipinski definition) is 3. The van der Waals surface area contributed by atoms with Crippen molar-refractivity contribution in [3.63, 3.8) is 0 Å². The maximum absolute atomic E-state index is 9.51. The minimum absolute atomic E-state index is 0.525. The van der Waals surface area contributed by atoms with Crippen LogP contribution in [0.1, 0.15) is 25.0 Å². The zero-order valence-electron chi connectivity index (χ0n) is 13.5. The molecule has 0 aromatic heterocycles. The van der Waals surface area contributed by atoms with E-state index in [4.69, 9.17) is 21.1 Å². The van der Waals surface area contributed by atoms with Crippen LogP contribution in [0.25, 0.3) is 11.6 Å². The number of allylic oxidation sites excluding steroid dienone is 1. The van der Waals surface area contributed by atoms with Crippen molar-refractivity contribution in [3.8, 4) is 17.6 Å². The van der Waals surface area contributed by atoms with Crippen molar-refractivity contribution in [3.05, 3.63) is 57.0 Å². The van der Waals surface area contributed by atoms with Gasteiger partial charge in [-0.05, 0) is 59.6 Å². The van der Waals surface area contributed by atoms with Gasteiger partial charge in [0.25, 0.3) is 0 Å². The predicted molar refractivity (Wildman–Crippen MR) is 101 cm³/mol. The van der Waals surface area contributed by atoms with Gasteiger partial charge in [-0.1, -0.05) is 23.7 Å². The second kappa shape index (κ2) is 8.77. The monoisotopic (exact) mass is 405 g/mol. The lowest BCUT2D eigenvalue weighted by atomic mass is 10.0. The standard InChI is InChI=1S/C19H17BrClNO2/c1-3-23-18-11-19(24-4-2)17(20)10-14(18)9-15(12-22)13-5-7-16(21)8-6-13/h5-11H,3-4H2,1-2H3/b15-9-. The summed E-state index contributed by atoms with van der Waals surface area (Å²) in [4.78, 5) is 0. The Balaban J connectivity index is 2.50. The van der Waals surface area contributed by atoms with E-state index in [1.807, 2.05) is 38.1 Å². The topological polar surface area (TPSA) is 42.2 Å². The van der Waals surface area contributed by atoms with E-state index in [9.17, 15) is 5.26 Å². The maximum atomic E-state index is 9.51. The summed E-state index contributed by atoms with van der Waals surface area (Å²) in [6.07, 6.45) is 1.80. The normalized spacial score (nSPS) is 11.0. The number of ether oxygens (including phenoxy) is 2. The fourth-order valence-electron chi connectivity index (χ4n) is 2.17. The molecule has 0 unspecified atom stereocenters. The molecule has 2 aromatic carbocycles. The molecule has 2 aromatic rings. The molecule has 24 heavy (non-hydrogen) atoms. The molecule has 0 aliphatic rings. The number of rotatable bonds is 6. The molecule has 0 N–H and O–H groups in total. The Morgan fingerprint density at radius 1 is 1.12 bits per heavy atom. The van der Waals surface area contributed by atoms with Gasteiger partial charge in [0.15, 0.2) is 0 Å². The van der Waals surface area contributed by atoms with E-state index in [0.29, 0.717) is 35.3 Å². The minimum Gasteiger partial charge on any atom is -0.493 e. The Kier molecular flexibility index (Phi) is 6.72. The zero-order chi connectivity index (χ0) is 17.5.